The SMILES string of the molecule is CCCCCN(C(=O)OCc1ccccc1)C1CCC(OCCCCCCN(C)CCO)CC1. The van der Waals surface area contributed by atoms with Crippen LogP contribution in [0, 0.1) is 0 Å². The number of unbranched alkanes of at least 4 members (excludes halogenated alkanes) is 5. The number of hydrogen-bond donors (Lipinski definition) is 1. The average molecular weight is 477 g/mol. The zero-order valence-electron chi connectivity index (χ0n) is 21.6. The maximum atomic E-state index is 12.9. The van der Waals surface area contributed by atoms with E-state index in [-0.39, 0.29) is 18.7 Å². The van der Waals surface area contributed by atoms with Gasteiger partial charge in [0.15, 0.2) is 0 Å². The molecule has 1 aliphatic rings. The summed E-state index contributed by atoms with van der Waals surface area (Å²) in [7, 11) is 2.06. The lowest BCUT2D eigenvalue weighted by Gasteiger charge is -2.36. The van der Waals surface area contributed by atoms with Crippen molar-refractivity contribution in [2.24, 2.45) is 0 Å². The molecule has 194 valence electrons. The Kier molecular flexibility index (Phi) is 14.9. The molecule has 0 aromatic heterocycles. The summed E-state index contributed by atoms with van der Waals surface area (Å²) < 4.78 is 11.8. The second-order valence-electron chi connectivity index (χ2n) is 9.68. The minimum absolute atomic E-state index is 0.172. The third kappa shape index (κ3) is 11.7. The van der Waals surface area contributed by atoms with E-state index in [1.54, 1.807) is 0 Å². The van der Waals surface area contributed by atoms with Gasteiger partial charge in [0.25, 0.3) is 0 Å². The molecule has 1 saturated carbocycles. The monoisotopic (exact) mass is 476 g/mol. The van der Waals surface area contributed by atoms with Crippen LogP contribution in [0.3, 0.4) is 0 Å². The molecule has 1 amide bonds. The van der Waals surface area contributed by atoms with Crippen molar-refractivity contribution < 1.29 is 19.4 Å². The van der Waals surface area contributed by atoms with Crippen LogP contribution in [0.15, 0.2) is 30.3 Å². The standard InChI is InChI=1S/C28H48N2O4/c1-3-4-10-20-30(28(32)34-24-25-13-8-7-9-14-25)26-15-17-27(18-16-26)33-23-12-6-5-11-19-29(2)21-22-31/h7-9,13-14,26-27,31H,3-6,10-12,15-24H2,1-2H3. The molecule has 34 heavy (non-hydrogen) atoms. The Morgan fingerprint density at radius 3 is 2.35 bits per heavy atom. The number of carbonyl (C=O) groups is 1. The van der Waals surface area contributed by atoms with E-state index in [1.165, 1.54) is 19.3 Å². The summed E-state index contributed by atoms with van der Waals surface area (Å²) in [6, 6.07) is 10.2. The molecule has 1 N–H and O–H groups in total. The predicted molar refractivity (Wildman–Crippen MR) is 138 cm³/mol. The first-order valence-corrected chi connectivity index (χ1v) is 13.5. The number of ether oxygens (including phenoxy) is 2. The molecule has 6 nitrogen and oxygen atoms in total. The van der Waals surface area contributed by atoms with Gasteiger partial charge in [-0.2, -0.15) is 0 Å². The van der Waals surface area contributed by atoms with Crippen molar-refractivity contribution in [3.63, 3.8) is 0 Å². The van der Waals surface area contributed by atoms with E-state index in [1.807, 2.05) is 35.2 Å². The molecule has 6 heteroatoms. The third-order valence-electron chi connectivity index (χ3n) is 6.80. The Morgan fingerprint density at radius 1 is 0.941 bits per heavy atom. The number of carbonyl (C=O) groups excluding carboxylic acids is 1. The first-order chi connectivity index (χ1) is 16.6. The van der Waals surface area contributed by atoms with Crippen molar-refractivity contribution in [1.29, 1.82) is 0 Å². The molecule has 1 aliphatic carbocycles. The van der Waals surface area contributed by atoms with E-state index in [2.05, 4.69) is 18.9 Å². The number of amides is 1. The van der Waals surface area contributed by atoms with Gasteiger partial charge >= 0.3 is 6.09 Å². The summed E-state index contributed by atoms with van der Waals surface area (Å²) in [6.07, 6.45) is 12.2. The number of likely N-dealkylation sites (N-methyl/N-ethyl adjacent to an activating group) is 1. The quantitative estimate of drug-likeness (QED) is 0.295. The van der Waals surface area contributed by atoms with E-state index in [0.717, 1.165) is 83.2 Å². The van der Waals surface area contributed by atoms with Crippen molar-refractivity contribution >= 4 is 6.09 Å². The Balaban J connectivity index is 1.66. The first kappa shape index (κ1) is 28.6. The summed E-state index contributed by atoms with van der Waals surface area (Å²) in [6.45, 7) is 6.18. The first-order valence-electron chi connectivity index (χ1n) is 13.5. The van der Waals surface area contributed by atoms with E-state index in [4.69, 9.17) is 14.6 Å². The Labute approximate surface area is 207 Å². The summed E-state index contributed by atoms with van der Waals surface area (Å²) in [5, 5.41) is 8.94. The lowest BCUT2D eigenvalue weighted by Crippen LogP contribution is -2.44. The predicted octanol–water partition coefficient (Wildman–Crippen LogP) is 5.63. The van der Waals surface area contributed by atoms with Gasteiger partial charge < -0.3 is 24.4 Å². The fourth-order valence-corrected chi connectivity index (χ4v) is 4.65. The highest BCUT2D eigenvalue weighted by atomic mass is 16.6. The van der Waals surface area contributed by atoms with Gasteiger partial charge in [0.1, 0.15) is 6.61 Å². The summed E-state index contributed by atoms with van der Waals surface area (Å²) in [5.74, 6) is 0. The Bertz CT molecular complexity index is 635. The lowest BCUT2D eigenvalue weighted by atomic mass is 9.91. The Hall–Kier alpha value is -1.63. The van der Waals surface area contributed by atoms with Crippen LogP contribution in [0.5, 0.6) is 0 Å². The van der Waals surface area contributed by atoms with Gasteiger partial charge in [-0.15, -0.1) is 0 Å². The molecule has 2 rings (SSSR count). The van der Waals surface area contributed by atoms with Crippen LogP contribution >= 0.6 is 0 Å². The van der Waals surface area contributed by atoms with Crippen molar-refractivity contribution in [2.75, 3.05) is 39.9 Å². The van der Waals surface area contributed by atoms with Crippen molar-refractivity contribution in [3.05, 3.63) is 35.9 Å². The number of nitrogens with zero attached hydrogens (tertiary/aromatic N) is 2. The molecule has 0 spiro atoms. The summed E-state index contributed by atoms with van der Waals surface area (Å²) >= 11 is 0. The van der Waals surface area contributed by atoms with E-state index >= 15 is 0 Å². The van der Waals surface area contributed by atoms with E-state index in [0.29, 0.717) is 12.7 Å². The third-order valence-corrected chi connectivity index (χ3v) is 6.80. The van der Waals surface area contributed by atoms with Gasteiger partial charge in [0.05, 0.1) is 12.7 Å². The van der Waals surface area contributed by atoms with Crippen LogP contribution in [0.4, 0.5) is 4.79 Å². The zero-order valence-corrected chi connectivity index (χ0v) is 21.6. The van der Waals surface area contributed by atoms with Crippen LogP contribution < -0.4 is 0 Å². The number of benzene rings is 1. The second-order valence-corrected chi connectivity index (χ2v) is 9.68. The van der Waals surface area contributed by atoms with Crippen molar-refractivity contribution in [2.45, 2.75) is 96.3 Å². The minimum Gasteiger partial charge on any atom is -0.445 e. The van der Waals surface area contributed by atoms with Gasteiger partial charge in [-0.3, -0.25) is 0 Å². The molecule has 0 unspecified atom stereocenters. The lowest BCUT2D eigenvalue weighted by molar-refractivity contribution is 0.00302. The van der Waals surface area contributed by atoms with Crippen LogP contribution in [-0.2, 0) is 16.1 Å². The molecule has 0 bridgehead atoms. The molecule has 1 aromatic rings. The fourth-order valence-electron chi connectivity index (χ4n) is 4.65. The molecule has 0 saturated heterocycles. The number of rotatable bonds is 17. The maximum absolute atomic E-state index is 12.9. The number of aliphatic hydroxyl groups excluding tert-OH is 1. The topological polar surface area (TPSA) is 62.2 Å². The molecule has 1 fully saturated rings. The highest BCUT2D eigenvalue weighted by Crippen LogP contribution is 2.26. The van der Waals surface area contributed by atoms with Gasteiger partial charge in [0, 0.05) is 25.7 Å². The molecule has 1 aromatic carbocycles. The van der Waals surface area contributed by atoms with Crippen LogP contribution in [0.2, 0.25) is 0 Å². The smallest absolute Gasteiger partial charge is 0.410 e. The van der Waals surface area contributed by atoms with E-state index in [9.17, 15) is 4.79 Å². The highest BCUT2D eigenvalue weighted by Gasteiger charge is 2.29. The summed E-state index contributed by atoms with van der Waals surface area (Å²) in [4.78, 5) is 17.1. The maximum Gasteiger partial charge on any atom is 0.410 e. The van der Waals surface area contributed by atoms with Crippen LogP contribution in [0.1, 0.15) is 83.1 Å². The van der Waals surface area contributed by atoms with Crippen molar-refractivity contribution in [1.82, 2.24) is 9.80 Å². The van der Waals surface area contributed by atoms with Gasteiger partial charge in [-0.05, 0) is 64.1 Å². The molecular weight excluding hydrogens is 428 g/mol. The Morgan fingerprint density at radius 2 is 1.65 bits per heavy atom. The fraction of sp³-hybridized carbons (Fsp3) is 0.750. The molecule has 0 atom stereocenters. The van der Waals surface area contributed by atoms with Crippen LogP contribution in [0.25, 0.3) is 0 Å². The number of hydrogen-bond acceptors (Lipinski definition) is 5. The molecule has 0 heterocycles. The molecular formula is C28H48N2O4. The minimum atomic E-state index is -0.172. The zero-order chi connectivity index (χ0) is 24.4. The number of aliphatic hydroxyl groups is 1. The van der Waals surface area contributed by atoms with Gasteiger partial charge in [-0.25, -0.2) is 4.79 Å². The van der Waals surface area contributed by atoms with E-state index < -0.39 is 0 Å². The van der Waals surface area contributed by atoms with Gasteiger partial charge in [0.2, 0.25) is 0 Å². The molecule has 0 aliphatic heterocycles. The van der Waals surface area contributed by atoms with Crippen LogP contribution in [-0.4, -0.2) is 73.0 Å². The molecule has 0 radical (unpaired) electrons. The largest absolute Gasteiger partial charge is 0.445 e. The second kappa shape index (κ2) is 17.8. The normalized spacial score (nSPS) is 18.2. The average Bonchev–Trinajstić information content (AvgIpc) is 2.86. The highest BCUT2D eigenvalue weighted by molar-refractivity contribution is 5.68. The van der Waals surface area contributed by atoms with Gasteiger partial charge in [-0.1, -0.05) is 62.9 Å². The van der Waals surface area contributed by atoms with Crippen molar-refractivity contribution in [3.8, 4) is 0 Å². The summed E-state index contributed by atoms with van der Waals surface area (Å²) in [5.41, 5.74) is 1.03.